The van der Waals surface area contributed by atoms with Gasteiger partial charge in [-0.05, 0) is 39.2 Å². The predicted molar refractivity (Wildman–Crippen MR) is 129 cm³/mol. The number of aliphatic hydroxyl groups excluding tert-OH is 2. The van der Waals surface area contributed by atoms with Gasteiger partial charge in [0.2, 0.25) is 6.29 Å². The van der Waals surface area contributed by atoms with E-state index in [4.69, 9.17) is 32.7 Å². The molecule has 1 saturated heterocycles. The summed E-state index contributed by atoms with van der Waals surface area (Å²) in [6, 6.07) is -1.08. The Hall–Kier alpha value is -1.97. The minimum absolute atomic E-state index is 0.111. The molecule has 5 unspecified atom stereocenters. The minimum Gasteiger partial charge on any atom is -0.508 e. The summed E-state index contributed by atoms with van der Waals surface area (Å²) in [4.78, 5) is 25.8. The molecule has 38 heavy (non-hydrogen) atoms. The van der Waals surface area contributed by atoms with Crippen molar-refractivity contribution in [3.8, 4) is 6.01 Å². The summed E-state index contributed by atoms with van der Waals surface area (Å²) in [6.07, 6.45) is -3.48. The smallest absolute Gasteiger partial charge is 0.508 e. The number of aromatic amines is 1. The van der Waals surface area contributed by atoms with Crippen LogP contribution in [0.2, 0.25) is 0 Å². The van der Waals surface area contributed by atoms with Crippen LogP contribution in [0.4, 0.5) is 0 Å². The first-order chi connectivity index (χ1) is 17.7. The van der Waals surface area contributed by atoms with Gasteiger partial charge >= 0.3 is 27.6 Å². The van der Waals surface area contributed by atoms with Crippen molar-refractivity contribution in [3.05, 3.63) is 33.6 Å². The number of likely N-dealkylation sites (N-methyl/N-ethyl adjacent to an activating group) is 1. The van der Waals surface area contributed by atoms with Gasteiger partial charge < -0.3 is 39.3 Å². The third-order valence-corrected chi connectivity index (χ3v) is 8.19. The summed E-state index contributed by atoms with van der Waals surface area (Å²) in [5, 5.41) is 38.8. The fourth-order valence-corrected chi connectivity index (χ4v) is 5.82. The number of nitrogens with one attached hydrogen (secondary N) is 2. The van der Waals surface area contributed by atoms with Crippen LogP contribution in [0.5, 0.6) is 6.01 Å². The summed E-state index contributed by atoms with van der Waals surface area (Å²) >= 11 is 0. The van der Waals surface area contributed by atoms with E-state index in [1.54, 1.807) is 32.8 Å². The maximum atomic E-state index is 12.4. The van der Waals surface area contributed by atoms with Crippen molar-refractivity contribution in [2.24, 2.45) is 0 Å². The van der Waals surface area contributed by atoms with Crippen LogP contribution in [0.15, 0.2) is 22.5 Å². The lowest BCUT2D eigenvalue weighted by molar-refractivity contribution is -0.764. The molecule has 0 saturated carbocycles. The third kappa shape index (κ3) is 7.16. The van der Waals surface area contributed by atoms with Gasteiger partial charge in [-0.3, -0.25) is 4.52 Å². The van der Waals surface area contributed by atoms with E-state index in [0.717, 1.165) is 0 Å². The van der Waals surface area contributed by atoms with E-state index < -0.39 is 71.0 Å². The molecular weight excluding hydrogens is 550 g/mol. The molecule has 1 fully saturated rings. The Labute approximate surface area is 219 Å². The van der Waals surface area contributed by atoms with Crippen LogP contribution >= 0.6 is 16.0 Å². The Kier molecular flexibility index (Phi) is 10.0. The number of hydrogen-bond acceptors (Lipinski definition) is 13. The molecule has 18 heteroatoms. The van der Waals surface area contributed by atoms with Crippen molar-refractivity contribution >= 4 is 16.0 Å². The van der Waals surface area contributed by atoms with Crippen LogP contribution in [0, 0.1) is 12.1 Å². The molecule has 0 aliphatic carbocycles. The number of aliphatic hydroxyl groups is 2. The monoisotopic (exact) mass is 584 g/mol. The van der Waals surface area contributed by atoms with Gasteiger partial charge in [0, 0.05) is 11.2 Å². The average molecular weight is 584 g/mol. The predicted octanol–water partition coefficient (Wildman–Crippen LogP) is 1.03. The molecular formula is C20H34N4O12P2+2. The molecule has 1 aromatic heterocycles. The highest BCUT2D eigenvalue weighted by atomic mass is 31.2. The molecule has 2 aliphatic rings. The second-order valence-electron chi connectivity index (χ2n) is 8.92. The van der Waals surface area contributed by atoms with E-state index in [1.807, 2.05) is 0 Å². The van der Waals surface area contributed by atoms with Crippen molar-refractivity contribution in [1.82, 2.24) is 9.88 Å². The van der Waals surface area contributed by atoms with E-state index in [9.17, 15) is 29.6 Å². The molecule has 3 rings (SSSR count). The van der Waals surface area contributed by atoms with Crippen LogP contribution in [0.1, 0.15) is 32.1 Å². The molecule has 0 amide bonds. The zero-order valence-corrected chi connectivity index (χ0v) is 23.3. The lowest BCUT2D eigenvalue weighted by Gasteiger charge is -2.44. The fourth-order valence-electron chi connectivity index (χ4n) is 4.12. The van der Waals surface area contributed by atoms with Crippen LogP contribution in [-0.2, 0) is 32.1 Å². The Bertz CT molecular complexity index is 1160. The fraction of sp³-hybridized carbons (Fsp3) is 0.700. The number of nitrogens with zero attached hydrogens (tertiary/aromatic N) is 2. The van der Waals surface area contributed by atoms with E-state index in [1.165, 1.54) is 17.7 Å². The van der Waals surface area contributed by atoms with Gasteiger partial charge in [-0.25, -0.2) is 9.96 Å². The molecule has 0 bridgehead atoms. The highest BCUT2D eigenvalue weighted by molar-refractivity contribution is 7.56. The number of hydrogen-bond donors (Lipinski definition) is 6. The number of rotatable bonds is 11. The van der Waals surface area contributed by atoms with Crippen molar-refractivity contribution in [1.29, 1.82) is 5.16 Å². The van der Waals surface area contributed by atoms with Crippen LogP contribution in [0.25, 0.3) is 0 Å². The Balaban J connectivity index is 1.57. The largest absolute Gasteiger partial charge is 0.709 e. The van der Waals surface area contributed by atoms with E-state index in [2.05, 4.69) is 4.98 Å². The molecule has 0 aromatic carbocycles. The number of aryl methyl sites for hydroxylation is 1. The maximum absolute atomic E-state index is 12.4. The number of ether oxygens (including phenoxy) is 3. The standard InChI is InChI=1S/C20H32N4O12P2/c1-6-31-17-11(3)33-19(16(26)15(17)23(4)5)35-37(29)36-38(21,30)32-9-13-12(25)7-14(34-13)24-8-10(2)18(27)22-20(24)28/h8,11,14-17,19,26H,6-7,9H2,1-5H3,(H3-,21,22,25,27,28,30)/p+2/t11?,14-,15?,16?,17-,19-,38?/m1/s1. The summed E-state index contributed by atoms with van der Waals surface area (Å²) in [5.41, 5.74) is -0.215. The van der Waals surface area contributed by atoms with Gasteiger partial charge in [0.1, 0.15) is 30.8 Å². The Morgan fingerprint density at radius 1 is 1.37 bits per heavy atom. The van der Waals surface area contributed by atoms with Crippen LogP contribution < -0.4 is 10.1 Å². The van der Waals surface area contributed by atoms with Gasteiger partial charge in [0.05, 0.1) is 24.1 Å². The molecule has 6 N–H and O–H groups in total. The van der Waals surface area contributed by atoms with Gasteiger partial charge in [0.15, 0.2) is 5.76 Å². The highest BCUT2D eigenvalue weighted by Gasteiger charge is 2.50. The number of aromatic nitrogens is 2. The van der Waals surface area contributed by atoms with Crippen LogP contribution in [0.3, 0.4) is 0 Å². The Morgan fingerprint density at radius 3 is 2.68 bits per heavy atom. The SMILES string of the molecule is CCO[C@@H]1C(C)O[C@H](O[P+](=O)OP(=N)(O)OCC2=C(O)C[C@H]([n+]3cc(C)c(=O)[nH]c3O)O2)C(O)C1N(C)C. The molecule has 3 heterocycles. The first-order valence-corrected chi connectivity index (χ1v) is 14.3. The Morgan fingerprint density at radius 2 is 2.05 bits per heavy atom. The lowest BCUT2D eigenvalue weighted by atomic mass is 9.96. The first-order valence-electron chi connectivity index (χ1n) is 11.6. The zero-order valence-electron chi connectivity index (χ0n) is 21.5. The van der Waals surface area contributed by atoms with E-state index in [-0.39, 0.29) is 23.5 Å². The lowest BCUT2D eigenvalue weighted by Crippen LogP contribution is -2.62. The van der Waals surface area contributed by atoms with E-state index in [0.29, 0.717) is 6.61 Å². The maximum Gasteiger partial charge on any atom is 0.709 e. The van der Waals surface area contributed by atoms with Gasteiger partial charge in [0.25, 0.3) is 6.23 Å². The quantitative estimate of drug-likeness (QED) is 0.158. The average Bonchev–Trinajstić information content (AvgIpc) is 3.18. The summed E-state index contributed by atoms with van der Waals surface area (Å²) in [5.74, 6) is -0.468. The summed E-state index contributed by atoms with van der Waals surface area (Å²) in [6.45, 7) is 4.76. The topological polar surface area (TPSA) is 217 Å². The molecule has 0 radical (unpaired) electrons. The van der Waals surface area contributed by atoms with Gasteiger partial charge in [-0.15, -0.1) is 0 Å². The summed E-state index contributed by atoms with van der Waals surface area (Å²) < 4.78 is 45.4. The minimum atomic E-state index is -4.51. The zero-order chi connectivity index (χ0) is 28.4. The molecule has 2 aliphatic heterocycles. The third-order valence-electron chi connectivity index (χ3n) is 5.91. The van der Waals surface area contributed by atoms with Crippen molar-refractivity contribution in [2.75, 3.05) is 27.3 Å². The van der Waals surface area contributed by atoms with Crippen LogP contribution in [-0.4, -0.2) is 88.0 Å². The molecule has 1 aromatic rings. The second kappa shape index (κ2) is 12.5. The van der Waals surface area contributed by atoms with E-state index >= 15 is 0 Å². The van der Waals surface area contributed by atoms with Crippen molar-refractivity contribution in [3.63, 3.8) is 0 Å². The molecule has 16 nitrogen and oxygen atoms in total. The second-order valence-corrected chi connectivity index (χ2v) is 11.5. The number of aromatic hydroxyl groups is 1. The molecule has 214 valence electrons. The normalized spacial score (nSPS) is 29.8. The summed E-state index contributed by atoms with van der Waals surface area (Å²) in [7, 11) is -4.24. The highest BCUT2D eigenvalue weighted by Crippen LogP contribution is 2.54. The number of H-pyrrole nitrogens is 1. The first kappa shape index (κ1) is 30.6. The van der Waals surface area contributed by atoms with Gasteiger partial charge in [-0.2, -0.15) is 9.55 Å². The molecule has 8 atom stereocenters. The van der Waals surface area contributed by atoms with Crippen molar-refractivity contribution in [2.45, 2.75) is 64.1 Å². The molecule has 0 spiro atoms. The van der Waals surface area contributed by atoms with Gasteiger partial charge in [-0.1, -0.05) is 4.52 Å². The van der Waals surface area contributed by atoms with Crippen molar-refractivity contribution < 1.29 is 56.9 Å².